The first-order valence-corrected chi connectivity index (χ1v) is 8.94. The van der Waals surface area contributed by atoms with Gasteiger partial charge in [0.05, 0.1) is 31.8 Å². The second-order valence-electron chi connectivity index (χ2n) is 6.33. The van der Waals surface area contributed by atoms with Crippen LogP contribution in [0.5, 0.6) is 11.5 Å². The van der Waals surface area contributed by atoms with Gasteiger partial charge >= 0.3 is 11.8 Å². The van der Waals surface area contributed by atoms with Crippen molar-refractivity contribution >= 4 is 11.6 Å². The summed E-state index contributed by atoms with van der Waals surface area (Å²) in [5.41, 5.74) is 2.79. The van der Waals surface area contributed by atoms with Gasteiger partial charge in [-0.25, -0.2) is 4.68 Å². The number of carbonyl (C=O) groups is 1. The maximum Gasteiger partial charge on any atom is 0.316 e. The number of nitrogens with zero attached hydrogens (tertiary/aromatic N) is 5. The minimum atomic E-state index is -0.580. The van der Waals surface area contributed by atoms with Crippen molar-refractivity contribution < 1.29 is 18.8 Å². The molecule has 0 radical (unpaired) electrons. The largest absolute Gasteiger partial charge is 0.497 e. The van der Waals surface area contributed by atoms with Crippen LogP contribution in [0.15, 0.2) is 53.2 Å². The van der Waals surface area contributed by atoms with Crippen molar-refractivity contribution in [1.29, 1.82) is 0 Å². The SMILES string of the molecule is COc1ccc(NC(=O)c2nc(-c3cn(-c4ccc(C)cc4)nn3)no2)c(OC)c1. The molecule has 1 amide bonds. The number of aryl methyl sites for hydroxylation is 1. The Kier molecular flexibility index (Phi) is 5.12. The zero-order chi connectivity index (χ0) is 21.1. The van der Waals surface area contributed by atoms with E-state index in [0.717, 1.165) is 11.3 Å². The number of rotatable bonds is 6. The lowest BCUT2D eigenvalue weighted by molar-refractivity contribution is 0.0981. The quantitative estimate of drug-likeness (QED) is 0.519. The molecule has 10 nitrogen and oxygen atoms in total. The Balaban J connectivity index is 1.52. The summed E-state index contributed by atoms with van der Waals surface area (Å²) in [5, 5.41) is 14.6. The summed E-state index contributed by atoms with van der Waals surface area (Å²) in [4.78, 5) is 16.6. The molecule has 0 spiro atoms. The number of nitrogens with one attached hydrogen (secondary N) is 1. The van der Waals surface area contributed by atoms with Crippen molar-refractivity contribution in [2.75, 3.05) is 19.5 Å². The third kappa shape index (κ3) is 3.83. The van der Waals surface area contributed by atoms with E-state index in [1.807, 2.05) is 31.2 Å². The molecule has 0 aliphatic heterocycles. The third-order valence-corrected chi connectivity index (χ3v) is 4.30. The molecule has 0 unspecified atom stereocenters. The molecule has 0 aliphatic rings. The predicted molar refractivity (Wildman–Crippen MR) is 107 cm³/mol. The van der Waals surface area contributed by atoms with Crippen LogP contribution in [-0.2, 0) is 0 Å². The van der Waals surface area contributed by atoms with Gasteiger partial charge in [-0.15, -0.1) is 5.10 Å². The molecule has 2 heterocycles. The summed E-state index contributed by atoms with van der Waals surface area (Å²) in [7, 11) is 3.04. The minimum absolute atomic E-state index is 0.153. The number of hydrogen-bond donors (Lipinski definition) is 1. The summed E-state index contributed by atoms with van der Waals surface area (Å²) >= 11 is 0. The van der Waals surface area contributed by atoms with E-state index in [1.165, 1.54) is 7.11 Å². The fourth-order valence-corrected chi connectivity index (χ4v) is 2.69. The first-order chi connectivity index (χ1) is 14.6. The number of methoxy groups -OCH3 is 2. The Labute approximate surface area is 171 Å². The van der Waals surface area contributed by atoms with Gasteiger partial charge in [-0.1, -0.05) is 28.1 Å². The zero-order valence-electron chi connectivity index (χ0n) is 16.5. The van der Waals surface area contributed by atoms with Crippen molar-refractivity contribution in [3.05, 3.63) is 60.1 Å². The van der Waals surface area contributed by atoms with Gasteiger partial charge in [0.1, 0.15) is 11.5 Å². The average molecular weight is 406 g/mol. The van der Waals surface area contributed by atoms with Crippen molar-refractivity contribution in [3.63, 3.8) is 0 Å². The van der Waals surface area contributed by atoms with E-state index in [0.29, 0.717) is 22.9 Å². The van der Waals surface area contributed by atoms with Crippen LogP contribution in [-0.4, -0.2) is 45.3 Å². The maximum absolute atomic E-state index is 12.5. The number of hydrogen-bond acceptors (Lipinski definition) is 8. The van der Waals surface area contributed by atoms with Gasteiger partial charge in [0, 0.05) is 6.07 Å². The zero-order valence-corrected chi connectivity index (χ0v) is 16.5. The highest BCUT2D eigenvalue weighted by Gasteiger charge is 2.20. The molecule has 10 heteroatoms. The second-order valence-corrected chi connectivity index (χ2v) is 6.33. The lowest BCUT2D eigenvalue weighted by Crippen LogP contribution is -2.13. The van der Waals surface area contributed by atoms with E-state index in [-0.39, 0.29) is 11.7 Å². The van der Waals surface area contributed by atoms with E-state index in [4.69, 9.17) is 14.0 Å². The number of benzene rings is 2. The number of carbonyl (C=O) groups excluding carboxylic acids is 1. The van der Waals surface area contributed by atoms with Crippen LogP contribution in [0.3, 0.4) is 0 Å². The van der Waals surface area contributed by atoms with Crippen molar-refractivity contribution in [2.45, 2.75) is 6.92 Å². The first-order valence-electron chi connectivity index (χ1n) is 8.94. The summed E-state index contributed by atoms with van der Waals surface area (Å²) in [6, 6.07) is 12.8. The Morgan fingerprint density at radius 1 is 1.10 bits per heavy atom. The van der Waals surface area contributed by atoms with Gasteiger partial charge in [0.15, 0.2) is 5.69 Å². The minimum Gasteiger partial charge on any atom is -0.497 e. The fraction of sp³-hybridized carbons (Fsp3) is 0.150. The summed E-state index contributed by atoms with van der Waals surface area (Å²) < 4.78 is 17.1. The molecular weight excluding hydrogens is 388 g/mol. The smallest absolute Gasteiger partial charge is 0.316 e. The maximum atomic E-state index is 12.5. The van der Waals surface area contributed by atoms with Gasteiger partial charge in [-0.05, 0) is 31.2 Å². The fourth-order valence-electron chi connectivity index (χ4n) is 2.69. The summed E-state index contributed by atoms with van der Waals surface area (Å²) in [5.74, 6) is 0.390. The van der Waals surface area contributed by atoms with Gasteiger partial charge in [0.2, 0.25) is 5.82 Å². The summed E-state index contributed by atoms with van der Waals surface area (Å²) in [6.07, 6.45) is 1.66. The molecule has 4 rings (SSSR count). The molecule has 152 valence electrons. The van der Waals surface area contributed by atoms with Crippen LogP contribution < -0.4 is 14.8 Å². The molecule has 0 saturated carbocycles. The van der Waals surface area contributed by atoms with Crippen LogP contribution in [0, 0.1) is 6.92 Å². The molecule has 0 fully saturated rings. The van der Waals surface area contributed by atoms with Crippen LogP contribution in [0.1, 0.15) is 16.2 Å². The number of aromatic nitrogens is 5. The molecule has 30 heavy (non-hydrogen) atoms. The lowest BCUT2D eigenvalue weighted by Gasteiger charge is -2.10. The predicted octanol–water partition coefficient (Wildman–Crippen LogP) is 2.90. The average Bonchev–Trinajstić information content (AvgIpc) is 3.44. The third-order valence-electron chi connectivity index (χ3n) is 4.30. The van der Waals surface area contributed by atoms with Crippen molar-refractivity contribution in [3.8, 4) is 28.7 Å². The van der Waals surface area contributed by atoms with Gasteiger partial charge in [-0.2, -0.15) is 4.98 Å². The van der Waals surface area contributed by atoms with Gasteiger partial charge in [0.25, 0.3) is 0 Å². The monoisotopic (exact) mass is 406 g/mol. The second kappa shape index (κ2) is 8.03. The molecule has 0 saturated heterocycles. The van der Waals surface area contributed by atoms with Crippen LogP contribution >= 0.6 is 0 Å². The molecule has 2 aromatic carbocycles. The Hall–Kier alpha value is -4.21. The Bertz CT molecular complexity index is 1180. The molecule has 0 bridgehead atoms. The molecular formula is C20H18N6O4. The number of anilines is 1. The molecule has 0 aliphatic carbocycles. The van der Waals surface area contributed by atoms with Gasteiger partial charge in [-0.3, -0.25) is 4.79 Å². The van der Waals surface area contributed by atoms with Gasteiger partial charge < -0.3 is 19.3 Å². The van der Waals surface area contributed by atoms with Crippen LogP contribution in [0.2, 0.25) is 0 Å². The van der Waals surface area contributed by atoms with Crippen LogP contribution in [0.4, 0.5) is 5.69 Å². The lowest BCUT2D eigenvalue weighted by atomic mass is 10.2. The topological polar surface area (TPSA) is 117 Å². The Morgan fingerprint density at radius 2 is 1.90 bits per heavy atom. The first kappa shape index (κ1) is 19.1. The standard InChI is InChI=1S/C20H18N6O4/c1-12-4-6-13(7-5-12)26-11-16(23-25-26)18-22-20(30-24-18)19(27)21-15-9-8-14(28-2)10-17(15)29-3/h4-11H,1-3H3,(H,21,27). The number of amides is 1. The van der Waals surface area contributed by atoms with E-state index < -0.39 is 5.91 Å². The van der Waals surface area contributed by atoms with E-state index in [1.54, 1.807) is 36.2 Å². The molecule has 4 aromatic rings. The highest BCUT2D eigenvalue weighted by atomic mass is 16.5. The van der Waals surface area contributed by atoms with E-state index >= 15 is 0 Å². The molecule has 0 atom stereocenters. The Morgan fingerprint density at radius 3 is 2.63 bits per heavy atom. The van der Waals surface area contributed by atoms with E-state index in [2.05, 4.69) is 25.8 Å². The molecule has 2 aromatic heterocycles. The van der Waals surface area contributed by atoms with E-state index in [9.17, 15) is 4.79 Å². The van der Waals surface area contributed by atoms with Crippen LogP contribution in [0.25, 0.3) is 17.2 Å². The highest BCUT2D eigenvalue weighted by Crippen LogP contribution is 2.29. The van der Waals surface area contributed by atoms with Crippen molar-refractivity contribution in [1.82, 2.24) is 25.1 Å². The van der Waals surface area contributed by atoms with Crippen molar-refractivity contribution in [2.24, 2.45) is 0 Å². The highest BCUT2D eigenvalue weighted by molar-refractivity contribution is 6.02. The summed E-state index contributed by atoms with van der Waals surface area (Å²) in [6.45, 7) is 2.00. The molecule has 1 N–H and O–H groups in total. The normalized spacial score (nSPS) is 10.6. The number of ether oxygens (including phenoxy) is 2.